The average Bonchev–Trinajstić information content (AvgIpc) is 2.10. The second kappa shape index (κ2) is 10.7. The van der Waals surface area contributed by atoms with Gasteiger partial charge >= 0.3 is 0 Å². The van der Waals surface area contributed by atoms with Crippen molar-refractivity contribution in [3.63, 3.8) is 0 Å². The molecule has 0 aliphatic heterocycles. The zero-order chi connectivity index (χ0) is 9.07. The zero-order valence-electron chi connectivity index (χ0n) is 8.14. The molecule has 0 amide bonds. The number of nitrogens with one attached hydrogen (secondary N) is 1. The summed E-state index contributed by atoms with van der Waals surface area (Å²) in [5, 5.41) is 3.35. The quantitative estimate of drug-likeness (QED) is 0.423. The molecule has 0 aromatic rings. The van der Waals surface area contributed by atoms with Crippen LogP contribution in [0.15, 0.2) is 12.7 Å². The second-order valence-electron chi connectivity index (χ2n) is 2.73. The maximum atomic E-state index is 5.21. The Balaban J connectivity index is 2.77. The summed E-state index contributed by atoms with van der Waals surface area (Å²) in [4.78, 5) is 0. The van der Waals surface area contributed by atoms with Crippen LogP contribution in [0.1, 0.15) is 26.2 Å². The molecule has 0 heterocycles. The van der Waals surface area contributed by atoms with Crippen molar-refractivity contribution in [3.8, 4) is 0 Å². The molecule has 72 valence electrons. The second-order valence-corrected chi connectivity index (χ2v) is 2.73. The van der Waals surface area contributed by atoms with Gasteiger partial charge in [-0.1, -0.05) is 6.08 Å². The Morgan fingerprint density at radius 2 is 2.08 bits per heavy atom. The Morgan fingerprint density at radius 3 is 2.75 bits per heavy atom. The predicted octanol–water partition coefficient (Wildman–Crippen LogP) is 1.97. The Kier molecular flexibility index (Phi) is 10.4. The van der Waals surface area contributed by atoms with Crippen LogP contribution in [0, 0.1) is 0 Å². The highest BCUT2D eigenvalue weighted by atomic mass is 16.5. The molecule has 0 aromatic carbocycles. The van der Waals surface area contributed by atoms with Crippen molar-refractivity contribution < 1.29 is 4.74 Å². The topological polar surface area (TPSA) is 21.3 Å². The Labute approximate surface area is 76.0 Å². The number of ether oxygens (including phenoxy) is 1. The standard InChI is InChI=1S/C10H21NO/c1-3-5-6-8-11-9-7-10-12-4-2/h3,11H,1,4-10H2,2H3. The molecule has 2 nitrogen and oxygen atoms in total. The van der Waals surface area contributed by atoms with E-state index >= 15 is 0 Å². The van der Waals surface area contributed by atoms with Gasteiger partial charge in [0.05, 0.1) is 0 Å². The first-order valence-corrected chi connectivity index (χ1v) is 4.81. The summed E-state index contributed by atoms with van der Waals surface area (Å²) in [6.45, 7) is 9.57. The summed E-state index contributed by atoms with van der Waals surface area (Å²) in [7, 11) is 0. The Bertz CT molecular complexity index is 93.8. The maximum Gasteiger partial charge on any atom is 0.0477 e. The van der Waals surface area contributed by atoms with Crippen LogP contribution >= 0.6 is 0 Å². The molecule has 2 heteroatoms. The number of unbranched alkanes of at least 4 members (excludes halogenated alkanes) is 1. The normalized spacial score (nSPS) is 10.1. The van der Waals surface area contributed by atoms with E-state index in [1.807, 2.05) is 13.0 Å². The van der Waals surface area contributed by atoms with E-state index in [0.29, 0.717) is 0 Å². The molecule has 0 radical (unpaired) electrons. The van der Waals surface area contributed by atoms with E-state index in [1.165, 1.54) is 6.42 Å². The highest BCUT2D eigenvalue weighted by Crippen LogP contribution is 1.86. The first kappa shape index (κ1) is 11.7. The molecule has 0 aliphatic carbocycles. The fourth-order valence-corrected chi connectivity index (χ4v) is 0.940. The van der Waals surface area contributed by atoms with E-state index in [9.17, 15) is 0 Å². The molecule has 0 atom stereocenters. The minimum atomic E-state index is 0.830. The maximum absolute atomic E-state index is 5.21. The number of hydrogen-bond acceptors (Lipinski definition) is 2. The van der Waals surface area contributed by atoms with Crippen LogP contribution in [0.5, 0.6) is 0 Å². The van der Waals surface area contributed by atoms with Crippen LogP contribution in [0.4, 0.5) is 0 Å². The van der Waals surface area contributed by atoms with E-state index in [4.69, 9.17) is 4.74 Å². The third kappa shape index (κ3) is 9.66. The summed E-state index contributed by atoms with van der Waals surface area (Å²) >= 11 is 0. The number of allylic oxidation sites excluding steroid dienone is 1. The molecule has 0 rings (SSSR count). The van der Waals surface area contributed by atoms with Gasteiger partial charge in [-0.3, -0.25) is 0 Å². The molecular weight excluding hydrogens is 150 g/mol. The lowest BCUT2D eigenvalue weighted by molar-refractivity contribution is 0.145. The Hall–Kier alpha value is -0.340. The van der Waals surface area contributed by atoms with Gasteiger partial charge in [0.25, 0.3) is 0 Å². The molecule has 0 saturated heterocycles. The lowest BCUT2D eigenvalue weighted by Crippen LogP contribution is -2.17. The van der Waals surface area contributed by atoms with Crippen molar-refractivity contribution in [1.82, 2.24) is 5.32 Å². The van der Waals surface area contributed by atoms with Crippen LogP contribution in [-0.2, 0) is 4.74 Å². The van der Waals surface area contributed by atoms with Gasteiger partial charge in [0.15, 0.2) is 0 Å². The fourth-order valence-electron chi connectivity index (χ4n) is 0.940. The first-order valence-electron chi connectivity index (χ1n) is 4.81. The van der Waals surface area contributed by atoms with Crippen molar-refractivity contribution in [2.24, 2.45) is 0 Å². The molecular formula is C10H21NO. The van der Waals surface area contributed by atoms with Gasteiger partial charge in [-0.15, -0.1) is 6.58 Å². The molecule has 12 heavy (non-hydrogen) atoms. The minimum Gasteiger partial charge on any atom is -0.382 e. The van der Waals surface area contributed by atoms with Gasteiger partial charge in [0.2, 0.25) is 0 Å². The predicted molar refractivity (Wildman–Crippen MR) is 53.4 cm³/mol. The molecule has 0 fully saturated rings. The van der Waals surface area contributed by atoms with Gasteiger partial charge in [0, 0.05) is 13.2 Å². The molecule has 0 aromatic heterocycles. The van der Waals surface area contributed by atoms with Gasteiger partial charge in [-0.25, -0.2) is 0 Å². The first-order chi connectivity index (χ1) is 5.91. The fraction of sp³-hybridized carbons (Fsp3) is 0.800. The third-order valence-electron chi connectivity index (χ3n) is 1.61. The Morgan fingerprint density at radius 1 is 1.33 bits per heavy atom. The van der Waals surface area contributed by atoms with E-state index in [0.717, 1.165) is 39.1 Å². The van der Waals surface area contributed by atoms with Crippen molar-refractivity contribution in [3.05, 3.63) is 12.7 Å². The van der Waals surface area contributed by atoms with E-state index in [2.05, 4.69) is 11.9 Å². The van der Waals surface area contributed by atoms with Gasteiger partial charge in [-0.2, -0.15) is 0 Å². The largest absolute Gasteiger partial charge is 0.382 e. The van der Waals surface area contributed by atoms with Gasteiger partial charge in [-0.05, 0) is 39.3 Å². The molecule has 0 saturated carbocycles. The van der Waals surface area contributed by atoms with Crippen molar-refractivity contribution in [2.45, 2.75) is 26.2 Å². The summed E-state index contributed by atoms with van der Waals surface area (Å²) in [5.41, 5.74) is 0. The summed E-state index contributed by atoms with van der Waals surface area (Å²) in [5.74, 6) is 0. The van der Waals surface area contributed by atoms with E-state index in [1.54, 1.807) is 0 Å². The molecule has 0 aliphatic rings. The number of rotatable bonds is 9. The van der Waals surface area contributed by atoms with Crippen LogP contribution < -0.4 is 5.32 Å². The number of hydrogen-bond donors (Lipinski definition) is 1. The molecule has 0 unspecified atom stereocenters. The SMILES string of the molecule is C=CCCCNCCCOCC. The highest BCUT2D eigenvalue weighted by Gasteiger charge is 1.87. The summed E-state index contributed by atoms with van der Waals surface area (Å²) in [6, 6.07) is 0. The van der Waals surface area contributed by atoms with Gasteiger partial charge in [0.1, 0.15) is 0 Å². The van der Waals surface area contributed by atoms with Gasteiger partial charge < -0.3 is 10.1 Å². The van der Waals surface area contributed by atoms with Crippen molar-refractivity contribution in [1.29, 1.82) is 0 Å². The van der Waals surface area contributed by atoms with Crippen LogP contribution in [0.25, 0.3) is 0 Å². The zero-order valence-corrected chi connectivity index (χ0v) is 8.14. The highest BCUT2D eigenvalue weighted by molar-refractivity contribution is 4.66. The minimum absolute atomic E-state index is 0.830. The molecule has 0 spiro atoms. The van der Waals surface area contributed by atoms with Crippen molar-refractivity contribution >= 4 is 0 Å². The van der Waals surface area contributed by atoms with E-state index < -0.39 is 0 Å². The lowest BCUT2D eigenvalue weighted by Gasteiger charge is -2.03. The van der Waals surface area contributed by atoms with Crippen molar-refractivity contribution in [2.75, 3.05) is 26.3 Å². The molecule has 1 N–H and O–H groups in total. The third-order valence-corrected chi connectivity index (χ3v) is 1.61. The van der Waals surface area contributed by atoms with Crippen LogP contribution in [0.2, 0.25) is 0 Å². The lowest BCUT2D eigenvalue weighted by atomic mass is 10.3. The molecule has 0 bridgehead atoms. The van der Waals surface area contributed by atoms with E-state index in [-0.39, 0.29) is 0 Å². The average molecular weight is 171 g/mol. The summed E-state index contributed by atoms with van der Waals surface area (Å²) < 4.78 is 5.21. The summed E-state index contributed by atoms with van der Waals surface area (Å²) in [6.07, 6.45) is 5.38. The van der Waals surface area contributed by atoms with Crippen LogP contribution in [-0.4, -0.2) is 26.3 Å². The smallest absolute Gasteiger partial charge is 0.0477 e. The monoisotopic (exact) mass is 171 g/mol. The van der Waals surface area contributed by atoms with Crippen LogP contribution in [0.3, 0.4) is 0 Å².